The molecule has 0 fully saturated rings. The third-order valence-electron chi connectivity index (χ3n) is 3.47. The molecular formula is C20H16Br2N2O. The van der Waals surface area contributed by atoms with Gasteiger partial charge in [0.05, 0.1) is 11.9 Å². The van der Waals surface area contributed by atoms with Crippen LogP contribution in [-0.4, -0.2) is 6.21 Å². The molecule has 0 unspecified atom stereocenters. The molecule has 0 aliphatic carbocycles. The molecule has 0 amide bonds. The zero-order valence-electron chi connectivity index (χ0n) is 13.3. The molecule has 0 atom stereocenters. The predicted molar refractivity (Wildman–Crippen MR) is 110 cm³/mol. The smallest absolute Gasteiger partial charge is 0.119 e. The highest BCUT2D eigenvalue weighted by atomic mass is 79.9. The van der Waals surface area contributed by atoms with Gasteiger partial charge < -0.3 is 4.74 Å². The van der Waals surface area contributed by atoms with Gasteiger partial charge in [-0.1, -0.05) is 56.1 Å². The first-order chi connectivity index (χ1) is 12.2. The Bertz CT molecular complexity index is 849. The lowest BCUT2D eigenvalue weighted by atomic mass is 10.2. The summed E-state index contributed by atoms with van der Waals surface area (Å²) in [5, 5.41) is 4.23. The summed E-state index contributed by atoms with van der Waals surface area (Å²) in [5.41, 5.74) is 6.05. The highest BCUT2D eigenvalue weighted by Crippen LogP contribution is 2.23. The van der Waals surface area contributed by atoms with Crippen LogP contribution in [0.5, 0.6) is 5.75 Å². The van der Waals surface area contributed by atoms with E-state index in [2.05, 4.69) is 42.4 Å². The Kier molecular flexibility index (Phi) is 6.25. The van der Waals surface area contributed by atoms with E-state index in [1.165, 1.54) is 0 Å². The van der Waals surface area contributed by atoms with E-state index in [0.717, 1.165) is 31.5 Å². The average Bonchev–Trinajstić information content (AvgIpc) is 2.63. The van der Waals surface area contributed by atoms with E-state index in [-0.39, 0.29) is 0 Å². The zero-order valence-corrected chi connectivity index (χ0v) is 16.5. The third-order valence-corrected chi connectivity index (χ3v) is 4.70. The molecule has 0 aliphatic heterocycles. The lowest BCUT2D eigenvalue weighted by Crippen LogP contribution is -1.97. The number of benzene rings is 3. The summed E-state index contributed by atoms with van der Waals surface area (Å²) in [5.74, 6) is 0.822. The van der Waals surface area contributed by atoms with E-state index in [1.807, 2.05) is 72.8 Å². The van der Waals surface area contributed by atoms with E-state index in [4.69, 9.17) is 4.74 Å². The van der Waals surface area contributed by atoms with Gasteiger partial charge in [-0.15, -0.1) is 0 Å². The maximum atomic E-state index is 5.84. The summed E-state index contributed by atoms with van der Waals surface area (Å²) in [6.07, 6.45) is 1.78. The summed E-state index contributed by atoms with van der Waals surface area (Å²) in [6.45, 7) is 0.511. The average molecular weight is 460 g/mol. The van der Waals surface area contributed by atoms with Crippen LogP contribution in [0.4, 0.5) is 5.69 Å². The molecule has 1 N–H and O–H groups in total. The second-order valence-electron chi connectivity index (χ2n) is 5.33. The first kappa shape index (κ1) is 17.7. The molecule has 126 valence electrons. The van der Waals surface area contributed by atoms with Gasteiger partial charge in [0.2, 0.25) is 0 Å². The summed E-state index contributed by atoms with van der Waals surface area (Å²) in [6, 6.07) is 23.7. The van der Waals surface area contributed by atoms with Crippen LogP contribution in [0, 0.1) is 0 Å². The van der Waals surface area contributed by atoms with Crippen molar-refractivity contribution < 1.29 is 4.74 Å². The minimum Gasteiger partial charge on any atom is -0.489 e. The van der Waals surface area contributed by atoms with Gasteiger partial charge in [0.15, 0.2) is 0 Å². The van der Waals surface area contributed by atoms with Gasteiger partial charge in [-0.3, -0.25) is 5.43 Å². The number of anilines is 1. The molecule has 0 spiro atoms. The van der Waals surface area contributed by atoms with E-state index in [1.54, 1.807) is 6.21 Å². The van der Waals surface area contributed by atoms with Crippen LogP contribution in [0.1, 0.15) is 11.1 Å². The molecule has 3 nitrogen and oxygen atoms in total. The van der Waals surface area contributed by atoms with E-state index >= 15 is 0 Å². The van der Waals surface area contributed by atoms with Gasteiger partial charge in [0, 0.05) is 14.5 Å². The molecule has 3 rings (SSSR count). The van der Waals surface area contributed by atoms with Crippen LogP contribution in [0.15, 0.2) is 86.8 Å². The Hall–Kier alpha value is -2.11. The lowest BCUT2D eigenvalue weighted by Gasteiger charge is -2.08. The number of nitrogens with one attached hydrogen (secondary N) is 1. The quantitative estimate of drug-likeness (QED) is 0.349. The number of nitrogens with zero attached hydrogens (tertiary/aromatic N) is 1. The van der Waals surface area contributed by atoms with E-state index in [0.29, 0.717) is 6.61 Å². The van der Waals surface area contributed by atoms with Crippen molar-refractivity contribution in [2.24, 2.45) is 5.10 Å². The Morgan fingerprint density at radius 1 is 0.920 bits per heavy atom. The first-order valence-electron chi connectivity index (χ1n) is 7.71. The van der Waals surface area contributed by atoms with Crippen molar-refractivity contribution in [3.05, 3.63) is 92.9 Å². The number of hydrazone groups is 1. The molecule has 5 heteroatoms. The molecule has 3 aromatic rings. The number of halogens is 2. The van der Waals surface area contributed by atoms with Crippen LogP contribution in [-0.2, 0) is 6.61 Å². The van der Waals surface area contributed by atoms with E-state index in [9.17, 15) is 0 Å². The van der Waals surface area contributed by atoms with Gasteiger partial charge >= 0.3 is 0 Å². The summed E-state index contributed by atoms with van der Waals surface area (Å²) in [7, 11) is 0. The SMILES string of the molecule is Brc1ccc(COc2ccc(/C=N/Nc3ccccc3)cc2)c(Br)c1. The molecule has 3 aromatic carbocycles. The highest BCUT2D eigenvalue weighted by molar-refractivity contribution is 9.11. The maximum Gasteiger partial charge on any atom is 0.119 e. The summed E-state index contributed by atoms with van der Waals surface area (Å²) >= 11 is 6.99. The van der Waals surface area contributed by atoms with Crippen molar-refractivity contribution in [2.75, 3.05) is 5.43 Å². The highest BCUT2D eigenvalue weighted by Gasteiger charge is 2.02. The third kappa shape index (κ3) is 5.44. The standard InChI is InChI=1S/C20H16Br2N2O/c21-17-9-8-16(20(22)12-17)14-25-19-10-6-15(7-11-19)13-23-24-18-4-2-1-3-5-18/h1-13,24H,14H2/b23-13+. The number of rotatable bonds is 6. The Morgan fingerprint density at radius 2 is 1.68 bits per heavy atom. The van der Waals surface area contributed by atoms with Crippen molar-refractivity contribution in [3.63, 3.8) is 0 Å². The monoisotopic (exact) mass is 458 g/mol. The van der Waals surface area contributed by atoms with Crippen LogP contribution >= 0.6 is 31.9 Å². The fraction of sp³-hybridized carbons (Fsp3) is 0.0500. The maximum absolute atomic E-state index is 5.84. The van der Waals surface area contributed by atoms with Crippen molar-refractivity contribution >= 4 is 43.8 Å². The van der Waals surface area contributed by atoms with Crippen LogP contribution < -0.4 is 10.2 Å². The molecule has 0 aromatic heterocycles. The molecule has 0 bridgehead atoms. The van der Waals surface area contributed by atoms with E-state index < -0.39 is 0 Å². The number of para-hydroxylation sites is 1. The van der Waals surface area contributed by atoms with Gasteiger partial charge in [-0.2, -0.15) is 5.10 Å². The molecule has 0 saturated heterocycles. The van der Waals surface area contributed by atoms with Crippen LogP contribution in [0.3, 0.4) is 0 Å². The van der Waals surface area contributed by atoms with Crippen molar-refractivity contribution in [1.82, 2.24) is 0 Å². The molecule has 0 heterocycles. The number of hydrogen-bond donors (Lipinski definition) is 1. The normalized spacial score (nSPS) is 10.8. The second-order valence-corrected chi connectivity index (χ2v) is 7.10. The number of ether oxygens (including phenoxy) is 1. The fourth-order valence-electron chi connectivity index (χ4n) is 2.14. The van der Waals surface area contributed by atoms with Crippen molar-refractivity contribution in [2.45, 2.75) is 6.61 Å². The fourth-order valence-corrected chi connectivity index (χ4v) is 3.31. The Morgan fingerprint density at radius 3 is 2.40 bits per heavy atom. The summed E-state index contributed by atoms with van der Waals surface area (Å²) < 4.78 is 7.90. The lowest BCUT2D eigenvalue weighted by molar-refractivity contribution is 0.305. The summed E-state index contributed by atoms with van der Waals surface area (Å²) in [4.78, 5) is 0. The van der Waals surface area contributed by atoms with Crippen molar-refractivity contribution in [1.29, 1.82) is 0 Å². The van der Waals surface area contributed by atoms with Gasteiger partial charge in [-0.25, -0.2) is 0 Å². The van der Waals surface area contributed by atoms with Gasteiger partial charge in [0.25, 0.3) is 0 Å². The van der Waals surface area contributed by atoms with Gasteiger partial charge in [-0.05, 0) is 54.1 Å². The second kappa shape index (κ2) is 8.83. The minimum absolute atomic E-state index is 0.511. The predicted octanol–water partition coefficient (Wildman–Crippen LogP) is 6.24. The molecule has 0 radical (unpaired) electrons. The Balaban J connectivity index is 1.55. The largest absolute Gasteiger partial charge is 0.489 e. The topological polar surface area (TPSA) is 33.6 Å². The van der Waals surface area contributed by atoms with Crippen molar-refractivity contribution in [3.8, 4) is 5.75 Å². The zero-order chi connectivity index (χ0) is 17.5. The number of hydrogen-bond acceptors (Lipinski definition) is 3. The molecule has 0 aliphatic rings. The molecular weight excluding hydrogens is 444 g/mol. The van der Waals surface area contributed by atoms with Crippen LogP contribution in [0.2, 0.25) is 0 Å². The molecule has 0 saturated carbocycles. The molecule has 25 heavy (non-hydrogen) atoms. The first-order valence-corrected chi connectivity index (χ1v) is 9.30. The van der Waals surface area contributed by atoms with Gasteiger partial charge in [0.1, 0.15) is 12.4 Å². The van der Waals surface area contributed by atoms with Crippen LogP contribution in [0.25, 0.3) is 0 Å². The minimum atomic E-state index is 0.511. The Labute approximate surface area is 164 Å².